The van der Waals surface area contributed by atoms with Gasteiger partial charge in [0, 0.05) is 37.6 Å². The summed E-state index contributed by atoms with van der Waals surface area (Å²) in [6.45, 7) is 6.44. The number of amides is 1. The number of likely N-dealkylation sites (N-methyl/N-ethyl adjacent to an activating group) is 1. The van der Waals surface area contributed by atoms with Crippen LogP contribution in [0, 0.1) is 6.92 Å². The lowest BCUT2D eigenvalue weighted by Crippen LogP contribution is -2.44. The third-order valence-electron chi connectivity index (χ3n) is 4.82. The van der Waals surface area contributed by atoms with Crippen molar-refractivity contribution in [2.75, 3.05) is 62.4 Å². The molecule has 1 heterocycles. The maximum atomic E-state index is 12.3. The smallest absolute Gasteiger partial charge is 0.243 e. The molecule has 0 spiro atoms. The van der Waals surface area contributed by atoms with E-state index in [1.165, 1.54) is 5.69 Å². The topological polar surface area (TPSA) is 56.8 Å². The molecule has 1 aliphatic heterocycles. The molecule has 0 unspecified atom stereocenters. The lowest BCUT2D eigenvalue weighted by Gasteiger charge is -2.34. The molecular formula is C21H28N4O2. The third-order valence-corrected chi connectivity index (χ3v) is 4.82. The van der Waals surface area contributed by atoms with Crippen LogP contribution in [-0.4, -0.2) is 57.7 Å². The molecule has 0 atom stereocenters. The van der Waals surface area contributed by atoms with Crippen molar-refractivity contribution in [3.8, 4) is 5.75 Å². The summed E-state index contributed by atoms with van der Waals surface area (Å²) < 4.78 is 5.30. The zero-order valence-electron chi connectivity index (χ0n) is 16.3. The first-order valence-electron chi connectivity index (χ1n) is 9.27. The van der Waals surface area contributed by atoms with Crippen molar-refractivity contribution in [3.05, 3.63) is 48.0 Å². The quantitative estimate of drug-likeness (QED) is 0.821. The van der Waals surface area contributed by atoms with Gasteiger partial charge in [-0.1, -0.05) is 6.07 Å². The van der Waals surface area contributed by atoms with E-state index in [2.05, 4.69) is 39.6 Å². The number of nitrogens with one attached hydrogen (secondary N) is 2. The number of benzene rings is 2. The number of carbonyl (C=O) groups excluding carboxylic acids is 1. The monoisotopic (exact) mass is 368 g/mol. The van der Waals surface area contributed by atoms with Gasteiger partial charge in [0.25, 0.3) is 0 Å². The minimum Gasteiger partial charge on any atom is -0.495 e. The van der Waals surface area contributed by atoms with Gasteiger partial charge in [-0.3, -0.25) is 4.79 Å². The number of aryl methyl sites for hydroxylation is 1. The zero-order valence-corrected chi connectivity index (χ0v) is 16.3. The van der Waals surface area contributed by atoms with Gasteiger partial charge >= 0.3 is 0 Å². The van der Waals surface area contributed by atoms with Crippen LogP contribution in [0.5, 0.6) is 5.75 Å². The average Bonchev–Trinajstić information content (AvgIpc) is 2.68. The van der Waals surface area contributed by atoms with Gasteiger partial charge in [0.1, 0.15) is 5.75 Å². The molecule has 2 N–H and O–H groups in total. The molecule has 1 amide bonds. The Kier molecular flexibility index (Phi) is 6.19. The normalized spacial score (nSPS) is 14.7. The number of anilines is 3. The van der Waals surface area contributed by atoms with Crippen molar-refractivity contribution in [1.29, 1.82) is 0 Å². The molecule has 0 bridgehead atoms. The Bertz CT molecular complexity index is 768. The van der Waals surface area contributed by atoms with E-state index < -0.39 is 0 Å². The molecular weight excluding hydrogens is 340 g/mol. The van der Waals surface area contributed by atoms with Crippen LogP contribution in [-0.2, 0) is 4.79 Å². The lowest BCUT2D eigenvalue weighted by molar-refractivity contribution is -0.114. The fourth-order valence-electron chi connectivity index (χ4n) is 3.15. The van der Waals surface area contributed by atoms with E-state index in [0.29, 0.717) is 11.4 Å². The van der Waals surface area contributed by atoms with Crippen LogP contribution in [0.2, 0.25) is 0 Å². The Morgan fingerprint density at radius 3 is 2.44 bits per heavy atom. The average molecular weight is 368 g/mol. The molecule has 2 aromatic carbocycles. The number of nitrogens with zero attached hydrogens (tertiary/aromatic N) is 2. The fraction of sp³-hybridized carbons (Fsp3) is 0.381. The second kappa shape index (κ2) is 8.77. The minimum atomic E-state index is -0.109. The van der Waals surface area contributed by atoms with Gasteiger partial charge in [0.05, 0.1) is 19.3 Å². The SMILES string of the molecule is COc1ccc(C)cc1NC(=O)CNc1ccc(N2CCN(C)CC2)cc1. The van der Waals surface area contributed by atoms with Crippen molar-refractivity contribution in [1.82, 2.24) is 4.90 Å². The van der Waals surface area contributed by atoms with Crippen molar-refractivity contribution in [3.63, 3.8) is 0 Å². The van der Waals surface area contributed by atoms with Crippen molar-refractivity contribution in [2.24, 2.45) is 0 Å². The van der Waals surface area contributed by atoms with E-state index in [1.807, 2.05) is 37.3 Å². The summed E-state index contributed by atoms with van der Waals surface area (Å²) in [5.74, 6) is 0.549. The second-order valence-electron chi connectivity index (χ2n) is 6.94. The molecule has 2 aromatic rings. The van der Waals surface area contributed by atoms with Gasteiger partial charge in [-0.15, -0.1) is 0 Å². The zero-order chi connectivity index (χ0) is 19.2. The number of methoxy groups -OCH3 is 1. The largest absolute Gasteiger partial charge is 0.495 e. The molecule has 6 nitrogen and oxygen atoms in total. The van der Waals surface area contributed by atoms with E-state index >= 15 is 0 Å². The molecule has 1 aliphatic rings. The summed E-state index contributed by atoms with van der Waals surface area (Å²) >= 11 is 0. The van der Waals surface area contributed by atoms with E-state index in [9.17, 15) is 4.79 Å². The molecule has 6 heteroatoms. The lowest BCUT2D eigenvalue weighted by atomic mass is 10.2. The van der Waals surface area contributed by atoms with Crippen molar-refractivity contribution in [2.45, 2.75) is 6.92 Å². The molecule has 0 aromatic heterocycles. The van der Waals surface area contributed by atoms with Crippen LogP contribution in [0.1, 0.15) is 5.56 Å². The minimum absolute atomic E-state index is 0.109. The Hall–Kier alpha value is -2.73. The highest BCUT2D eigenvalue weighted by Crippen LogP contribution is 2.25. The van der Waals surface area contributed by atoms with Crippen LogP contribution in [0.4, 0.5) is 17.1 Å². The second-order valence-corrected chi connectivity index (χ2v) is 6.94. The van der Waals surface area contributed by atoms with Gasteiger partial charge in [-0.25, -0.2) is 0 Å². The highest BCUT2D eigenvalue weighted by molar-refractivity contribution is 5.95. The predicted molar refractivity (Wildman–Crippen MR) is 111 cm³/mol. The van der Waals surface area contributed by atoms with Gasteiger partial charge in [0.2, 0.25) is 5.91 Å². The van der Waals surface area contributed by atoms with E-state index in [0.717, 1.165) is 37.4 Å². The number of piperazine rings is 1. The van der Waals surface area contributed by atoms with Crippen LogP contribution in [0.3, 0.4) is 0 Å². The first-order valence-corrected chi connectivity index (χ1v) is 9.27. The van der Waals surface area contributed by atoms with E-state index in [4.69, 9.17) is 4.74 Å². The van der Waals surface area contributed by atoms with E-state index in [1.54, 1.807) is 7.11 Å². The highest BCUT2D eigenvalue weighted by atomic mass is 16.5. The molecule has 1 fully saturated rings. The summed E-state index contributed by atoms with van der Waals surface area (Å²) in [4.78, 5) is 17.0. The third kappa shape index (κ3) is 5.14. The Morgan fingerprint density at radius 2 is 1.78 bits per heavy atom. The van der Waals surface area contributed by atoms with Crippen LogP contribution in [0.15, 0.2) is 42.5 Å². The molecule has 27 heavy (non-hydrogen) atoms. The first kappa shape index (κ1) is 19.0. The molecule has 144 valence electrons. The van der Waals surface area contributed by atoms with Crippen LogP contribution in [0.25, 0.3) is 0 Å². The van der Waals surface area contributed by atoms with E-state index in [-0.39, 0.29) is 12.5 Å². The molecule has 1 saturated heterocycles. The maximum Gasteiger partial charge on any atom is 0.243 e. The fourth-order valence-corrected chi connectivity index (χ4v) is 3.15. The van der Waals surface area contributed by atoms with Gasteiger partial charge in [-0.05, 0) is 55.9 Å². The summed E-state index contributed by atoms with van der Waals surface area (Å²) in [5.41, 5.74) is 3.91. The van der Waals surface area contributed by atoms with Gasteiger partial charge in [-0.2, -0.15) is 0 Å². The molecule has 0 radical (unpaired) electrons. The van der Waals surface area contributed by atoms with Crippen LogP contribution >= 0.6 is 0 Å². The van der Waals surface area contributed by atoms with Gasteiger partial charge < -0.3 is 25.2 Å². The van der Waals surface area contributed by atoms with Crippen molar-refractivity contribution >= 4 is 23.0 Å². The number of rotatable bonds is 6. The summed E-state index contributed by atoms with van der Waals surface area (Å²) in [6.07, 6.45) is 0. The molecule has 0 saturated carbocycles. The first-order chi connectivity index (χ1) is 13.0. The predicted octanol–water partition coefficient (Wildman–Crippen LogP) is 2.81. The standard InChI is InChI=1S/C21H28N4O2/c1-16-4-9-20(27-3)19(14-16)23-21(26)15-22-17-5-7-18(8-6-17)25-12-10-24(2)11-13-25/h4-9,14,22H,10-13,15H2,1-3H3,(H,23,26). The van der Waals surface area contributed by atoms with Crippen molar-refractivity contribution < 1.29 is 9.53 Å². The van der Waals surface area contributed by atoms with Gasteiger partial charge in [0.15, 0.2) is 0 Å². The number of hydrogen-bond acceptors (Lipinski definition) is 5. The maximum absolute atomic E-state index is 12.3. The summed E-state index contributed by atoms with van der Waals surface area (Å²) in [5, 5.41) is 6.07. The number of carbonyl (C=O) groups is 1. The number of ether oxygens (including phenoxy) is 1. The summed E-state index contributed by atoms with van der Waals surface area (Å²) in [7, 11) is 3.75. The number of hydrogen-bond donors (Lipinski definition) is 2. The Balaban J connectivity index is 1.52. The highest BCUT2D eigenvalue weighted by Gasteiger charge is 2.14. The molecule has 0 aliphatic carbocycles. The van der Waals surface area contributed by atoms with Crippen LogP contribution < -0.4 is 20.3 Å². The Labute approximate surface area is 161 Å². The Morgan fingerprint density at radius 1 is 1.07 bits per heavy atom. The molecule has 3 rings (SSSR count). The summed E-state index contributed by atoms with van der Waals surface area (Å²) in [6, 6.07) is 14.0.